The van der Waals surface area contributed by atoms with E-state index in [-0.39, 0.29) is 0 Å². The Morgan fingerprint density at radius 3 is 2.64 bits per heavy atom. The maximum atomic E-state index is 5.55. The average Bonchev–Trinajstić information content (AvgIpc) is 2.87. The number of nitrogens with one attached hydrogen (secondary N) is 1. The minimum absolute atomic E-state index is 0.379. The molecular formula is C18H29N3O. The lowest BCUT2D eigenvalue weighted by atomic mass is 9.93. The summed E-state index contributed by atoms with van der Waals surface area (Å²) in [4.78, 5) is 6.80. The van der Waals surface area contributed by atoms with Crippen molar-refractivity contribution in [1.82, 2.24) is 10.2 Å². The number of nitrogens with zero attached hydrogens (tertiary/aromatic N) is 2. The Morgan fingerprint density at radius 1 is 1.32 bits per heavy atom. The molecule has 0 unspecified atom stereocenters. The molecule has 0 aliphatic carbocycles. The van der Waals surface area contributed by atoms with Gasteiger partial charge in [0.1, 0.15) is 0 Å². The maximum absolute atomic E-state index is 5.55. The number of aliphatic imine (C=N–C) groups is 1. The molecule has 1 fully saturated rings. The van der Waals surface area contributed by atoms with Gasteiger partial charge in [0, 0.05) is 33.3 Å². The standard InChI is InChI=1S/C18H29N3O/c1-5-22-13-16-9-7-6-8-15(16)12-20-17(19-4)21-11-10-18(2,3)14-21/h6-9H,5,10-14H2,1-4H3,(H,19,20). The normalized spacial score (nSPS) is 17.8. The van der Waals surface area contributed by atoms with Crippen LogP contribution in [0.1, 0.15) is 38.3 Å². The van der Waals surface area contributed by atoms with Gasteiger partial charge in [-0.15, -0.1) is 0 Å². The third-order valence-corrected chi connectivity index (χ3v) is 4.21. The average molecular weight is 303 g/mol. The van der Waals surface area contributed by atoms with Crippen LogP contribution in [0.25, 0.3) is 0 Å². The van der Waals surface area contributed by atoms with Crippen LogP contribution in [0.15, 0.2) is 29.3 Å². The Kier molecular flexibility index (Phi) is 5.83. The van der Waals surface area contributed by atoms with E-state index in [9.17, 15) is 0 Å². The molecule has 1 aliphatic heterocycles. The lowest BCUT2D eigenvalue weighted by Gasteiger charge is -2.24. The highest BCUT2D eigenvalue weighted by atomic mass is 16.5. The molecule has 1 aliphatic rings. The molecular weight excluding hydrogens is 274 g/mol. The molecule has 2 rings (SSSR count). The van der Waals surface area contributed by atoms with Crippen LogP contribution in [-0.4, -0.2) is 37.6 Å². The zero-order chi connectivity index (χ0) is 16.0. The van der Waals surface area contributed by atoms with Crippen molar-refractivity contribution in [3.05, 3.63) is 35.4 Å². The maximum Gasteiger partial charge on any atom is 0.193 e. The van der Waals surface area contributed by atoms with E-state index in [2.05, 4.69) is 53.3 Å². The summed E-state index contributed by atoms with van der Waals surface area (Å²) in [6.45, 7) is 11.0. The highest BCUT2D eigenvalue weighted by molar-refractivity contribution is 5.80. The fourth-order valence-corrected chi connectivity index (χ4v) is 2.88. The number of rotatable bonds is 5. The Labute approximate surface area is 134 Å². The number of ether oxygens (including phenoxy) is 1. The summed E-state index contributed by atoms with van der Waals surface area (Å²) in [6, 6.07) is 8.43. The predicted molar refractivity (Wildman–Crippen MR) is 91.9 cm³/mol. The first-order chi connectivity index (χ1) is 10.6. The summed E-state index contributed by atoms with van der Waals surface area (Å²) in [5.41, 5.74) is 2.90. The van der Waals surface area contributed by atoms with E-state index < -0.39 is 0 Å². The van der Waals surface area contributed by atoms with Crippen molar-refractivity contribution in [2.24, 2.45) is 10.4 Å². The number of guanidine groups is 1. The van der Waals surface area contributed by atoms with Gasteiger partial charge in [0.15, 0.2) is 5.96 Å². The first-order valence-electron chi connectivity index (χ1n) is 8.16. The summed E-state index contributed by atoms with van der Waals surface area (Å²) in [6.07, 6.45) is 1.22. The van der Waals surface area contributed by atoms with Crippen molar-refractivity contribution in [3.63, 3.8) is 0 Å². The van der Waals surface area contributed by atoms with Crippen LogP contribution >= 0.6 is 0 Å². The summed E-state index contributed by atoms with van der Waals surface area (Å²) < 4.78 is 5.55. The van der Waals surface area contributed by atoms with Gasteiger partial charge < -0.3 is 15.0 Å². The molecule has 1 aromatic carbocycles. The quantitative estimate of drug-likeness (QED) is 0.671. The third-order valence-electron chi connectivity index (χ3n) is 4.21. The van der Waals surface area contributed by atoms with E-state index in [0.717, 1.165) is 32.2 Å². The molecule has 0 radical (unpaired) electrons. The monoisotopic (exact) mass is 303 g/mol. The van der Waals surface area contributed by atoms with Crippen LogP contribution in [0.4, 0.5) is 0 Å². The van der Waals surface area contributed by atoms with Gasteiger partial charge in [0.05, 0.1) is 6.61 Å². The zero-order valence-electron chi connectivity index (χ0n) is 14.4. The topological polar surface area (TPSA) is 36.9 Å². The van der Waals surface area contributed by atoms with E-state index in [4.69, 9.17) is 4.74 Å². The number of hydrogen-bond acceptors (Lipinski definition) is 2. The van der Waals surface area contributed by atoms with E-state index in [1.165, 1.54) is 17.5 Å². The van der Waals surface area contributed by atoms with Crippen molar-refractivity contribution in [3.8, 4) is 0 Å². The minimum atomic E-state index is 0.379. The van der Waals surface area contributed by atoms with Gasteiger partial charge in [-0.2, -0.15) is 0 Å². The molecule has 1 saturated heterocycles. The van der Waals surface area contributed by atoms with Crippen molar-refractivity contribution in [2.45, 2.75) is 40.3 Å². The highest BCUT2D eigenvalue weighted by Crippen LogP contribution is 2.28. The molecule has 0 atom stereocenters. The first kappa shape index (κ1) is 16.8. The Bertz CT molecular complexity index is 511. The fourth-order valence-electron chi connectivity index (χ4n) is 2.88. The van der Waals surface area contributed by atoms with Crippen LogP contribution in [0.2, 0.25) is 0 Å². The second-order valence-electron chi connectivity index (χ2n) is 6.64. The largest absolute Gasteiger partial charge is 0.377 e. The van der Waals surface area contributed by atoms with Gasteiger partial charge in [-0.25, -0.2) is 0 Å². The minimum Gasteiger partial charge on any atom is -0.377 e. The van der Waals surface area contributed by atoms with Gasteiger partial charge in [-0.1, -0.05) is 38.1 Å². The second-order valence-corrected chi connectivity index (χ2v) is 6.64. The van der Waals surface area contributed by atoms with Crippen LogP contribution in [0.5, 0.6) is 0 Å². The molecule has 4 heteroatoms. The van der Waals surface area contributed by atoms with Gasteiger partial charge in [0.25, 0.3) is 0 Å². The fraction of sp³-hybridized carbons (Fsp3) is 0.611. The van der Waals surface area contributed by atoms with Gasteiger partial charge in [-0.3, -0.25) is 4.99 Å². The van der Waals surface area contributed by atoms with E-state index >= 15 is 0 Å². The second kappa shape index (κ2) is 7.63. The molecule has 0 saturated carbocycles. The third kappa shape index (κ3) is 4.47. The molecule has 0 amide bonds. The SMILES string of the molecule is CCOCc1ccccc1CNC(=NC)N1CCC(C)(C)C1. The molecule has 22 heavy (non-hydrogen) atoms. The predicted octanol–water partition coefficient (Wildman–Crippen LogP) is 3.03. The smallest absolute Gasteiger partial charge is 0.193 e. The molecule has 0 aromatic heterocycles. The van der Waals surface area contributed by atoms with Gasteiger partial charge in [-0.05, 0) is 29.9 Å². The Balaban J connectivity index is 1.97. The van der Waals surface area contributed by atoms with Crippen LogP contribution in [0, 0.1) is 5.41 Å². The lowest BCUT2D eigenvalue weighted by molar-refractivity contribution is 0.133. The Hall–Kier alpha value is -1.55. The Morgan fingerprint density at radius 2 is 2.05 bits per heavy atom. The summed E-state index contributed by atoms with van der Waals surface area (Å²) in [5, 5.41) is 3.50. The van der Waals surface area contributed by atoms with Crippen molar-refractivity contribution in [2.75, 3.05) is 26.7 Å². The molecule has 1 aromatic rings. The number of hydrogen-bond donors (Lipinski definition) is 1. The van der Waals surface area contributed by atoms with Gasteiger partial charge >= 0.3 is 0 Å². The molecule has 4 nitrogen and oxygen atoms in total. The molecule has 0 bridgehead atoms. The van der Waals surface area contributed by atoms with Crippen LogP contribution in [-0.2, 0) is 17.9 Å². The number of likely N-dealkylation sites (tertiary alicyclic amines) is 1. The van der Waals surface area contributed by atoms with Crippen molar-refractivity contribution >= 4 is 5.96 Å². The summed E-state index contributed by atoms with van der Waals surface area (Å²) in [5.74, 6) is 0.997. The number of benzene rings is 1. The van der Waals surface area contributed by atoms with Crippen molar-refractivity contribution < 1.29 is 4.74 Å². The highest BCUT2D eigenvalue weighted by Gasteiger charge is 2.30. The van der Waals surface area contributed by atoms with E-state index in [1.54, 1.807) is 0 Å². The van der Waals surface area contributed by atoms with E-state index in [1.807, 2.05) is 14.0 Å². The van der Waals surface area contributed by atoms with E-state index in [0.29, 0.717) is 12.0 Å². The summed E-state index contributed by atoms with van der Waals surface area (Å²) >= 11 is 0. The van der Waals surface area contributed by atoms with Crippen molar-refractivity contribution in [1.29, 1.82) is 0 Å². The van der Waals surface area contributed by atoms with Gasteiger partial charge in [0.2, 0.25) is 0 Å². The summed E-state index contributed by atoms with van der Waals surface area (Å²) in [7, 11) is 1.86. The van der Waals surface area contributed by atoms with Crippen LogP contribution < -0.4 is 5.32 Å². The molecule has 1 N–H and O–H groups in total. The van der Waals surface area contributed by atoms with Crippen LogP contribution in [0.3, 0.4) is 0 Å². The zero-order valence-corrected chi connectivity index (χ0v) is 14.4. The molecule has 122 valence electrons. The molecule has 0 spiro atoms. The lowest BCUT2D eigenvalue weighted by Crippen LogP contribution is -2.40. The first-order valence-corrected chi connectivity index (χ1v) is 8.16. The molecule has 1 heterocycles.